The molecule has 0 atom stereocenters. The van der Waals surface area contributed by atoms with Crippen molar-refractivity contribution in [3.63, 3.8) is 0 Å². The molecule has 3 nitrogen and oxygen atoms in total. The van der Waals surface area contributed by atoms with Gasteiger partial charge in [0.15, 0.2) is 0 Å². The van der Waals surface area contributed by atoms with Gasteiger partial charge in [-0.2, -0.15) is 0 Å². The molecule has 0 bridgehead atoms. The summed E-state index contributed by atoms with van der Waals surface area (Å²) in [5, 5.41) is 0. The molecule has 0 amide bonds. The Labute approximate surface area is 122 Å². The molecule has 0 spiro atoms. The highest BCUT2D eigenvalue weighted by Gasteiger charge is 2.15. The lowest BCUT2D eigenvalue weighted by Crippen LogP contribution is -2.09. The number of hydrogen-bond acceptors (Lipinski definition) is 3. The van der Waals surface area contributed by atoms with Crippen LogP contribution in [0.2, 0.25) is 0 Å². The van der Waals surface area contributed by atoms with E-state index in [-0.39, 0.29) is 5.97 Å². The second kappa shape index (κ2) is 6.97. The fraction of sp³-hybridized carbons (Fsp3) is 0.500. The van der Waals surface area contributed by atoms with Crippen LogP contribution in [0.5, 0.6) is 11.5 Å². The SMILES string of the molecule is CCCC(=O)Oc1cc(C)c(I)c(OCC)c1C. The van der Waals surface area contributed by atoms with Crippen molar-refractivity contribution in [3.05, 3.63) is 20.8 Å². The van der Waals surface area contributed by atoms with E-state index in [1.54, 1.807) is 0 Å². The van der Waals surface area contributed by atoms with Gasteiger partial charge < -0.3 is 9.47 Å². The van der Waals surface area contributed by atoms with Gasteiger partial charge in [0, 0.05) is 12.0 Å². The number of rotatable bonds is 5. The third-order valence-corrected chi connectivity index (χ3v) is 3.91. The predicted molar refractivity (Wildman–Crippen MR) is 80.3 cm³/mol. The standard InChI is InChI=1S/C14H19IO3/c1-5-7-12(16)18-11-8-9(3)13(15)14(10(11)4)17-6-2/h8H,5-7H2,1-4H3. The molecule has 0 saturated carbocycles. The van der Waals surface area contributed by atoms with Crippen molar-refractivity contribution in [1.29, 1.82) is 0 Å². The molecule has 1 aromatic rings. The van der Waals surface area contributed by atoms with E-state index in [4.69, 9.17) is 9.47 Å². The smallest absolute Gasteiger partial charge is 0.311 e. The molecule has 100 valence electrons. The Balaban J connectivity index is 3.09. The van der Waals surface area contributed by atoms with Gasteiger partial charge in [0.25, 0.3) is 0 Å². The van der Waals surface area contributed by atoms with Crippen LogP contribution < -0.4 is 9.47 Å². The average Bonchev–Trinajstić information content (AvgIpc) is 2.32. The van der Waals surface area contributed by atoms with Crippen LogP contribution in [-0.4, -0.2) is 12.6 Å². The van der Waals surface area contributed by atoms with Crippen molar-refractivity contribution in [2.24, 2.45) is 0 Å². The van der Waals surface area contributed by atoms with Gasteiger partial charge in [-0.15, -0.1) is 0 Å². The quantitative estimate of drug-likeness (QED) is 0.451. The van der Waals surface area contributed by atoms with Gasteiger partial charge in [-0.1, -0.05) is 6.92 Å². The molecule has 0 heterocycles. The van der Waals surface area contributed by atoms with Gasteiger partial charge in [-0.25, -0.2) is 0 Å². The zero-order valence-corrected chi connectivity index (χ0v) is 13.5. The number of halogens is 1. The molecule has 18 heavy (non-hydrogen) atoms. The molecule has 0 radical (unpaired) electrons. The molecule has 0 fully saturated rings. The second-order valence-corrected chi connectivity index (χ2v) is 5.20. The average molecular weight is 362 g/mol. The van der Waals surface area contributed by atoms with E-state index >= 15 is 0 Å². The highest BCUT2D eigenvalue weighted by molar-refractivity contribution is 14.1. The third-order valence-electron chi connectivity index (χ3n) is 2.57. The molecule has 0 aliphatic heterocycles. The Hall–Kier alpha value is -0.780. The minimum absolute atomic E-state index is 0.191. The second-order valence-electron chi connectivity index (χ2n) is 4.12. The number of ether oxygens (including phenoxy) is 2. The van der Waals surface area contributed by atoms with Crippen molar-refractivity contribution in [1.82, 2.24) is 0 Å². The molecular formula is C14H19IO3. The first-order chi connectivity index (χ1) is 8.51. The summed E-state index contributed by atoms with van der Waals surface area (Å²) >= 11 is 2.26. The van der Waals surface area contributed by atoms with E-state index in [2.05, 4.69) is 22.6 Å². The summed E-state index contributed by atoms with van der Waals surface area (Å²) < 4.78 is 12.1. The summed E-state index contributed by atoms with van der Waals surface area (Å²) in [6, 6.07) is 1.90. The molecule has 0 aromatic heterocycles. The first-order valence-electron chi connectivity index (χ1n) is 6.14. The van der Waals surface area contributed by atoms with Crippen molar-refractivity contribution < 1.29 is 14.3 Å². The maximum atomic E-state index is 11.6. The van der Waals surface area contributed by atoms with Gasteiger partial charge in [0.1, 0.15) is 11.5 Å². The van der Waals surface area contributed by atoms with Crippen LogP contribution in [-0.2, 0) is 4.79 Å². The Kier molecular flexibility index (Phi) is 5.91. The molecule has 0 saturated heterocycles. The number of benzene rings is 1. The summed E-state index contributed by atoms with van der Waals surface area (Å²) in [6.07, 6.45) is 1.23. The van der Waals surface area contributed by atoms with E-state index in [9.17, 15) is 4.79 Å². The van der Waals surface area contributed by atoms with Gasteiger partial charge in [0.2, 0.25) is 0 Å². The molecule has 1 rings (SSSR count). The van der Waals surface area contributed by atoms with Crippen molar-refractivity contribution in [3.8, 4) is 11.5 Å². The lowest BCUT2D eigenvalue weighted by Gasteiger charge is -2.15. The maximum Gasteiger partial charge on any atom is 0.311 e. The summed E-state index contributed by atoms with van der Waals surface area (Å²) in [6.45, 7) is 8.41. The largest absolute Gasteiger partial charge is 0.492 e. The lowest BCUT2D eigenvalue weighted by molar-refractivity contribution is -0.134. The molecule has 0 aliphatic carbocycles. The topological polar surface area (TPSA) is 35.5 Å². The van der Waals surface area contributed by atoms with Gasteiger partial charge in [0.05, 0.1) is 10.2 Å². The number of carbonyl (C=O) groups is 1. The zero-order chi connectivity index (χ0) is 13.7. The van der Waals surface area contributed by atoms with Gasteiger partial charge in [-0.05, 0) is 61.4 Å². The van der Waals surface area contributed by atoms with Crippen molar-refractivity contribution >= 4 is 28.6 Å². The maximum absolute atomic E-state index is 11.6. The van der Waals surface area contributed by atoms with Crippen molar-refractivity contribution in [2.45, 2.75) is 40.5 Å². The number of esters is 1. The highest BCUT2D eigenvalue weighted by atomic mass is 127. The molecule has 4 heteroatoms. The van der Waals surface area contributed by atoms with E-state index in [1.165, 1.54) is 0 Å². The Morgan fingerprint density at radius 3 is 2.56 bits per heavy atom. The molecule has 1 aromatic carbocycles. The van der Waals surface area contributed by atoms with Crippen LogP contribution in [0.15, 0.2) is 6.07 Å². The van der Waals surface area contributed by atoms with E-state index in [0.29, 0.717) is 18.8 Å². The Bertz CT molecular complexity index is 441. The number of hydrogen-bond donors (Lipinski definition) is 0. The van der Waals surface area contributed by atoms with Crippen LogP contribution in [0, 0.1) is 17.4 Å². The lowest BCUT2D eigenvalue weighted by atomic mass is 10.1. The highest BCUT2D eigenvalue weighted by Crippen LogP contribution is 2.35. The number of carbonyl (C=O) groups excluding carboxylic acids is 1. The third kappa shape index (κ3) is 3.60. The molecular weight excluding hydrogens is 343 g/mol. The van der Waals surface area contributed by atoms with Gasteiger partial charge in [-0.3, -0.25) is 4.79 Å². The molecule has 0 unspecified atom stereocenters. The first-order valence-corrected chi connectivity index (χ1v) is 7.22. The fourth-order valence-corrected chi connectivity index (χ4v) is 2.34. The monoisotopic (exact) mass is 362 g/mol. The van der Waals surface area contributed by atoms with Crippen LogP contribution >= 0.6 is 22.6 Å². The normalized spacial score (nSPS) is 10.3. The first kappa shape index (κ1) is 15.3. The predicted octanol–water partition coefficient (Wildman–Crippen LogP) is 4.01. The molecule has 0 N–H and O–H groups in total. The van der Waals surface area contributed by atoms with Crippen LogP contribution in [0.1, 0.15) is 37.8 Å². The summed E-state index contributed by atoms with van der Waals surface area (Å²) in [5.41, 5.74) is 1.94. The van der Waals surface area contributed by atoms with Crippen LogP contribution in [0.25, 0.3) is 0 Å². The minimum atomic E-state index is -0.191. The van der Waals surface area contributed by atoms with Crippen molar-refractivity contribution in [2.75, 3.05) is 6.61 Å². The Morgan fingerprint density at radius 1 is 1.33 bits per heavy atom. The van der Waals surface area contributed by atoms with E-state index in [0.717, 1.165) is 26.9 Å². The summed E-state index contributed by atoms with van der Waals surface area (Å²) in [7, 11) is 0. The van der Waals surface area contributed by atoms with Gasteiger partial charge >= 0.3 is 5.97 Å². The zero-order valence-electron chi connectivity index (χ0n) is 11.3. The number of aryl methyl sites for hydroxylation is 1. The van der Waals surface area contributed by atoms with Crippen LogP contribution in [0.4, 0.5) is 0 Å². The molecule has 0 aliphatic rings. The minimum Gasteiger partial charge on any atom is -0.492 e. The fourth-order valence-electron chi connectivity index (χ4n) is 1.62. The van der Waals surface area contributed by atoms with Crippen LogP contribution in [0.3, 0.4) is 0 Å². The van der Waals surface area contributed by atoms with E-state index < -0.39 is 0 Å². The van der Waals surface area contributed by atoms with E-state index in [1.807, 2.05) is 33.8 Å². The summed E-state index contributed by atoms with van der Waals surface area (Å²) in [5.74, 6) is 1.23. The summed E-state index contributed by atoms with van der Waals surface area (Å²) in [4.78, 5) is 11.6. The Morgan fingerprint density at radius 2 is 2.00 bits per heavy atom.